The molecule has 1 heterocycles. The molecule has 3 aromatic carbocycles. The highest BCUT2D eigenvalue weighted by Gasteiger charge is 2.19. The molecular weight excluding hydrogens is 619 g/mol. The van der Waals surface area contributed by atoms with Crippen LogP contribution in [0.15, 0.2) is 88.5 Å². The summed E-state index contributed by atoms with van der Waals surface area (Å²) in [6.07, 6.45) is 1.53. The van der Waals surface area contributed by atoms with Gasteiger partial charge in [-0.1, -0.05) is 49.0 Å². The molecule has 3 amide bonds. The number of benzene rings is 3. The molecule has 4 rings (SSSR count). The summed E-state index contributed by atoms with van der Waals surface area (Å²) in [6, 6.07) is 20.9. The highest BCUT2D eigenvalue weighted by Crippen LogP contribution is 2.32. The van der Waals surface area contributed by atoms with Gasteiger partial charge >= 0.3 is 0 Å². The Hall–Kier alpha value is -4.33. The van der Waals surface area contributed by atoms with Gasteiger partial charge in [0.05, 0.1) is 19.5 Å². The van der Waals surface area contributed by atoms with E-state index in [0.29, 0.717) is 38.6 Å². The Morgan fingerprint density at radius 2 is 1.70 bits per heavy atom. The summed E-state index contributed by atoms with van der Waals surface area (Å²) in [5.74, 6) is 0.583. The van der Waals surface area contributed by atoms with Gasteiger partial charge in [0.1, 0.15) is 5.70 Å². The minimum Gasteiger partial charge on any atom is -0.493 e. The fourth-order valence-corrected chi connectivity index (χ4v) is 5.99. The van der Waals surface area contributed by atoms with E-state index in [1.54, 1.807) is 67.6 Å². The second-order valence-corrected chi connectivity index (χ2v) is 12.4. The van der Waals surface area contributed by atoms with E-state index in [2.05, 4.69) is 25.3 Å². The zero-order chi connectivity index (χ0) is 31.5. The molecule has 0 radical (unpaired) electrons. The van der Waals surface area contributed by atoms with Gasteiger partial charge < -0.3 is 20.1 Å². The first-order chi connectivity index (χ1) is 21.3. The molecule has 228 valence electrons. The molecule has 1 atom stereocenters. The van der Waals surface area contributed by atoms with Crippen LogP contribution in [0.5, 0.6) is 11.5 Å². The zero-order valence-electron chi connectivity index (χ0n) is 24.5. The lowest BCUT2D eigenvalue weighted by Gasteiger charge is -2.14. The first-order valence-electron chi connectivity index (χ1n) is 13.5. The maximum Gasteiger partial charge on any atom is 0.272 e. The molecule has 0 bridgehead atoms. The highest BCUT2D eigenvalue weighted by molar-refractivity contribution is 8.00. The summed E-state index contributed by atoms with van der Waals surface area (Å²) in [5, 5.41) is 9.08. The molecule has 0 fully saturated rings. The van der Waals surface area contributed by atoms with E-state index in [9.17, 15) is 14.4 Å². The molecular formula is C31H31N5O5S3. The van der Waals surface area contributed by atoms with Gasteiger partial charge in [-0.05, 0) is 61.2 Å². The monoisotopic (exact) mass is 649 g/mol. The molecule has 0 saturated carbocycles. The molecule has 44 heavy (non-hydrogen) atoms. The number of para-hydroxylation sites is 1. The number of methoxy groups -OCH3 is 2. The van der Waals surface area contributed by atoms with Crippen molar-refractivity contribution in [2.24, 2.45) is 0 Å². The molecule has 1 aromatic heterocycles. The van der Waals surface area contributed by atoms with Gasteiger partial charge in [-0.3, -0.25) is 19.7 Å². The van der Waals surface area contributed by atoms with Crippen LogP contribution in [0.3, 0.4) is 0 Å². The standard InChI is InChI=1S/C31H31N5O5S3/c1-5-42-31-35-30(44-36-31)34-27(37)19(2)43-23-16-14-22(15-17-23)32-29(39)24(33-28(38)20-10-7-6-8-11-20)18-21-12-9-13-25(40-3)26(21)41-4/h6-19H,5H2,1-4H3,(H,32,39)(H,33,38)(H,34,35,36,37)/b24-18-. The molecule has 1 unspecified atom stereocenters. The second kappa shape index (κ2) is 15.9. The Kier molecular flexibility index (Phi) is 11.8. The molecule has 13 heteroatoms. The predicted molar refractivity (Wildman–Crippen MR) is 177 cm³/mol. The van der Waals surface area contributed by atoms with E-state index >= 15 is 0 Å². The minimum absolute atomic E-state index is 0.00585. The summed E-state index contributed by atoms with van der Waals surface area (Å²) in [6.45, 7) is 3.82. The molecule has 4 aromatic rings. The van der Waals surface area contributed by atoms with E-state index in [0.717, 1.165) is 22.2 Å². The van der Waals surface area contributed by atoms with Crippen LogP contribution in [0.25, 0.3) is 6.08 Å². The normalized spacial score (nSPS) is 11.8. The number of anilines is 2. The third-order valence-electron chi connectivity index (χ3n) is 5.97. The average Bonchev–Trinajstić information content (AvgIpc) is 3.48. The van der Waals surface area contributed by atoms with Crippen LogP contribution >= 0.6 is 35.1 Å². The topological polar surface area (TPSA) is 132 Å². The maximum absolute atomic E-state index is 13.5. The van der Waals surface area contributed by atoms with E-state index in [4.69, 9.17) is 9.47 Å². The fraction of sp³-hybridized carbons (Fsp3) is 0.194. The maximum atomic E-state index is 13.5. The van der Waals surface area contributed by atoms with Crippen LogP contribution in [-0.4, -0.2) is 52.3 Å². The Morgan fingerprint density at radius 1 is 0.955 bits per heavy atom. The lowest BCUT2D eigenvalue weighted by atomic mass is 10.1. The van der Waals surface area contributed by atoms with E-state index in [1.807, 2.05) is 19.1 Å². The number of rotatable bonds is 13. The number of thioether (sulfide) groups is 2. The molecule has 0 saturated heterocycles. The molecule has 0 spiro atoms. The van der Waals surface area contributed by atoms with E-state index < -0.39 is 17.1 Å². The summed E-state index contributed by atoms with van der Waals surface area (Å²) < 4.78 is 15.1. The highest BCUT2D eigenvalue weighted by atomic mass is 32.2. The Morgan fingerprint density at radius 3 is 2.39 bits per heavy atom. The zero-order valence-corrected chi connectivity index (χ0v) is 26.9. The van der Waals surface area contributed by atoms with Crippen molar-refractivity contribution in [3.63, 3.8) is 0 Å². The van der Waals surface area contributed by atoms with Crippen molar-refractivity contribution in [1.82, 2.24) is 14.7 Å². The number of carbonyl (C=O) groups is 3. The average molecular weight is 650 g/mol. The van der Waals surface area contributed by atoms with Crippen molar-refractivity contribution in [2.45, 2.75) is 29.1 Å². The summed E-state index contributed by atoms with van der Waals surface area (Å²) in [5.41, 5.74) is 1.45. The summed E-state index contributed by atoms with van der Waals surface area (Å²) >= 11 is 4.03. The lowest BCUT2D eigenvalue weighted by Crippen LogP contribution is -2.30. The van der Waals surface area contributed by atoms with Crippen molar-refractivity contribution in [1.29, 1.82) is 0 Å². The predicted octanol–water partition coefficient (Wildman–Crippen LogP) is 6.20. The number of hydrogen-bond donors (Lipinski definition) is 3. The number of hydrogen-bond acceptors (Lipinski definition) is 10. The summed E-state index contributed by atoms with van der Waals surface area (Å²) in [7, 11) is 3.02. The first-order valence-corrected chi connectivity index (χ1v) is 16.1. The van der Waals surface area contributed by atoms with Crippen molar-refractivity contribution >= 4 is 69.7 Å². The third-order valence-corrected chi connectivity index (χ3v) is 8.55. The lowest BCUT2D eigenvalue weighted by molar-refractivity contribution is -0.115. The number of aromatic nitrogens is 2. The van der Waals surface area contributed by atoms with Crippen molar-refractivity contribution < 1.29 is 23.9 Å². The van der Waals surface area contributed by atoms with Gasteiger partial charge in [0.2, 0.25) is 16.2 Å². The Bertz CT molecular complexity index is 1630. The Balaban J connectivity index is 1.47. The minimum atomic E-state index is -0.537. The van der Waals surface area contributed by atoms with Gasteiger partial charge in [0.15, 0.2) is 11.5 Å². The van der Waals surface area contributed by atoms with Crippen LogP contribution < -0.4 is 25.4 Å². The third kappa shape index (κ3) is 8.85. The largest absolute Gasteiger partial charge is 0.493 e. The van der Waals surface area contributed by atoms with Crippen LogP contribution in [-0.2, 0) is 9.59 Å². The van der Waals surface area contributed by atoms with Crippen molar-refractivity contribution in [2.75, 3.05) is 30.6 Å². The van der Waals surface area contributed by atoms with Crippen LogP contribution in [0.4, 0.5) is 10.8 Å². The van der Waals surface area contributed by atoms with Crippen LogP contribution in [0, 0.1) is 0 Å². The van der Waals surface area contributed by atoms with Gasteiger partial charge in [0, 0.05) is 33.2 Å². The number of nitrogens with zero attached hydrogens (tertiary/aromatic N) is 2. The fourth-order valence-electron chi connectivity index (χ4n) is 3.85. The van der Waals surface area contributed by atoms with Crippen molar-refractivity contribution in [3.8, 4) is 11.5 Å². The second-order valence-electron chi connectivity index (χ2n) is 9.00. The first kappa shape index (κ1) is 32.6. The van der Waals surface area contributed by atoms with Gasteiger partial charge in [-0.25, -0.2) is 0 Å². The molecule has 10 nitrogen and oxygen atoms in total. The van der Waals surface area contributed by atoms with E-state index in [-0.39, 0.29) is 11.6 Å². The molecule has 0 aliphatic carbocycles. The number of nitrogens with one attached hydrogen (secondary N) is 3. The molecule has 3 N–H and O–H groups in total. The van der Waals surface area contributed by atoms with Gasteiger partial charge in [-0.2, -0.15) is 9.36 Å². The quantitative estimate of drug-likeness (QED) is 0.115. The molecule has 0 aliphatic heterocycles. The molecule has 0 aliphatic rings. The van der Waals surface area contributed by atoms with E-state index in [1.165, 1.54) is 43.8 Å². The van der Waals surface area contributed by atoms with Crippen molar-refractivity contribution in [3.05, 3.63) is 89.6 Å². The van der Waals surface area contributed by atoms with Crippen LogP contribution in [0.1, 0.15) is 29.8 Å². The number of ether oxygens (including phenoxy) is 2. The number of amides is 3. The van der Waals surface area contributed by atoms with Crippen LogP contribution in [0.2, 0.25) is 0 Å². The van der Waals surface area contributed by atoms with Gasteiger partial charge in [0.25, 0.3) is 11.8 Å². The smallest absolute Gasteiger partial charge is 0.272 e. The SMILES string of the molecule is CCSc1nsc(NC(=O)C(C)Sc2ccc(NC(=O)/C(=C/c3cccc(OC)c3OC)NC(=O)c3ccccc3)cc2)n1. The van der Waals surface area contributed by atoms with Gasteiger partial charge in [-0.15, -0.1) is 11.8 Å². The summed E-state index contributed by atoms with van der Waals surface area (Å²) in [4.78, 5) is 44.3. The Labute approximate surface area is 268 Å². The number of carbonyl (C=O) groups excluding carboxylic acids is 3.